The SMILES string of the molecule is CCC1(N)CN(CCCOCC(F)(F)F)C1. The maximum Gasteiger partial charge on any atom is 0.411 e. The van der Waals surface area contributed by atoms with Crippen molar-refractivity contribution in [3.63, 3.8) is 0 Å². The molecule has 16 heavy (non-hydrogen) atoms. The van der Waals surface area contributed by atoms with Gasteiger partial charge in [-0.25, -0.2) is 0 Å². The van der Waals surface area contributed by atoms with Crippen LogP contribution in [0.2, 0.25) is 0 Å². The molecule has 0 saturated carbocycles. The molecule has 0 aliphatic carbocycles. The summed E-state index contributed by atoms with van der Waals surface area (Å²) in [4.78, 5) is 2.14. The molecule has 0 aromatic carbocycles. The Morgan fingerprint density at radius 2 is 2.00 bits per heavy atom. The summed E-state index contributed by atoms with van der Waals surface area (Å²) in [7, 11) is 0. The molecule has 0 aromatic heterocycles. The van der Waals surface area contributed by atoms with E-state index in [-0.39, 0.29) is 12.1 Å². The van der Waals surface area contributed by atoms with Crippen molar-refractivity contribution in [2.24, 2.45) is 5.73 Å². The van der Waals surface area contributed by atoms with Gasteiger partial charge >= 0.3 is 6.18 Å². The summed E-state index contributed by atoms with van der Waals surface area (Å²) in [6.07, 6.45) is -2.66. The second kappa shape index (κ2) is 5.33. The van der Waals surface area contributed by atoms with E-state index in [1.807, 2.05) is 6.92 Å². The lowest BCUT2D eigenvalue weighted by Gasteiger charge is -2.47. The zero-order chi connectivity index (χ0) is 12.2. The topological polar surface area (TPSA) is 38.5 Å². The first-order valence-electron chi connectivity index (χ1n) is 5.50. The third-order valence-corrected chi connectivity index (χ3v) is 2.81. The average Bonchev–Trinajstić information content (AvgIpc) is 2.12. The molecule has 0 unspecified atom stereocenters. The number of nitrogens with two attached hydrogens (primary N) is 1. The summed E-state index contributed by atoms with van der Waals surface area (Å²) in [5.74, 6) is 0. The van der Waals surface area contributed by atoms with E-state index in [1.165, 1.54) is 0 Å². The van der Waals surface area contributed by atoms with E-state index in [1.54, 1.807) is 0 Å². The van der Waals surface area contributed by atoms with Gasteiger partial charge in [0.15, 0.2) is 0 Å². The molecule has 1 aliphatic rings. The molecule has 1 heterocycles. The quantitative estimate of drug-likeness (QED) is 0.713. The lowest BCUT2D eigenvalue weighted by atomic mass is 9.88. The van der Waals surface area contributed by atoms with Crippen LogP contribution in [0.1, 0.15) is 19.8 Å². The Kier molecular flexibility index (Phi) is 4.58. The van der Waals surface area contributed by atoms with Crippen LogP contribution in [0.3, 0.4) is 0 Å². The molecule has 0 aromatic rings. The van der Waals surface area contributed by atoms with Crippen LogP contribution in [0.5, 0.6) is 0 Å². The van der Waals surface area contributed by atoms with Crippen molar-refractivity contribution in [3.8, 4) is 0 Å². The Morgan fingerprint density at radius 1 is 1.38 bits per heavy atom. The summed E-state index contributed by atoms with van der Waals surface area (Å²) in [5.41, 5.74) is 5.88. The van der Waals surface area contributed by atoms with Crippen molar-refractivity contribution in [2.75, 3.05) is 32.8 Å². The smallest absolute Gasteiger partial charge is 0.372 e. The number of likely N-dealkylation sites (tertiary alicyclic amines) is 1. The maximum atomic E-state index is 11.7. The van der Waals surface area contributed by atoms with Gasteiger partial charge in [-0.2, -0.15) is 13.2 Å². The second-order valence-electron chi connectivity index (χ2n) is 4.45. The average molecular weight is 240 g/mol. The van der Waals surface area contributed by atoms with Crippen molar-refractivity contribution in [3.05, 3.63) is 0 Å². The lowest BCUT2D eigenvalue weighted by Crippen LogP contribution is -2.66. The van der Waals surface area contributed by atoms with E-state index in [0.717, 1.165) is 26.1 Å². The van der Waals surface area contributed by atoms with Crippen molar-refractivity contribution < 1.29 is 17.9 Å². The Labute approximate surface area is 93.7 Å². The second-order valence-corrected chi connectivity index (χ2v) is 4.45. The molecule has 96 valence electrons. The molecule has 2 N–H and O–H groups in total. The number of halogens is 3. The minimum Gasteiger partial charge on any atom is -0.372 e. The van der Waals surface area contributed by atoms with Crippen LogP contribution in [0.15, 0.2) is 0 Å². The highest BCUT2D eigenvalue weighted by atomic mass is 19.4. The zero-order valence-corrected chi connectivity index (χ0v) is 9.52. The van der Waals surface area contributed by atoms with Crippen LogP contribution in [0.25, 0.3) is 0 Å². The van der Waals surface area contributed by atoms with Crippen molar-refractivity contribution in [1.82, 2.24) is 4.90 Å². The van der Waals surface area contributed by atoms with E-state index < -0.39 is 12.8 Å². The fourth-order valence-electron chi connectivity index (χ4n) is 1.80. The predicted octanol–water partition coefficient (Wildman–Crippen LogP) is 1.38. The fourth-order valence-corrected chi connectivity index (χ4v) is 1.80. The number of hydrogen-bond acceptors (Lipinski definition) is 3. The van der Waals surface area contributed by atoms with E-state index in [4.69, 9.17) is 5.73 Å². The van der Waals surface area contributed by atoms with Crippen molar-refractivity contribution in [1.29, 1.82) is 0 Å². The molecule has 1 saturated heterocycles. The highest BCUT2D eigenvalue weighted by molar-refractivity contribution is 4.98. The third kappa shape index (κ3) is 4.67. The first-order valence-corrected chi connectivity index (χ1v) is 5.50. The molecule has 3 nitrogen and oxygen atoms in total. The number of ether oxygens (including phenoxy) is 1. The van der Waals surface area contributed by atoms with E-state index in [0.29, 0.717) is 6.42 Å². The molecule has 0 radical (unpaired) electrons. The van der Waals surface area contributed by atoms with Gasteiger partial charge < -0.3 is 10.5 Å². The normalized spacial score (nSPS) is 20.8. The fraction of sp³-hybridized carbons (Fsp3) is 1.00. The summed E-state index contributed by atoms with van der Waals surface area (Å²) >= 11 is 0. The Hall–Kier alpha value is -0.330. The first kappa shape index (κ1) is 13.7. The molecule has 1 aliphatic heterocycles. The van der Waals surface area contributed by atoms with Gasteiger partial charge in [0.1, 0.15) is 6.61 Å². The molecule has 0 spiro atoms. The van der Waals surface area contributed by atoms with Crippen molar-refractivity contribution in [2.45, 2.75) is 31.5 Å². The monoisotopic (exact) mass is 240 g/mol. The van der Waals surface area contributed by atoms with Gasteiger partial charge in [0.25, 0.3) is 0 Å². The van der Waals surface area contributed by atoms with E-state index in [9.17, 15) is 13.2 Å². The summed E-state index contributed by atoms with van der Waals surface area (Å²) < 4.78 is 39.7. The van der Waals surface area contributed by atoms with Gasteiger partial charge in [-0.3, -0.25) is 4.90 Å². The molecule has 1 fully saturated rings. The van der Waals surface area contributed by atoms with Crippen LogP contribution in [0, 0.1) is 0 Å². The van der Waals surface area contributed by atoms with Gasteiger partial charge in [-0.05, 0) is 12.8 Å². The number of nitrogens with zero attached hydrogens (tertiary/aromatic N) is 1. The predicted molar refractivity (Wildman–Crippen MR) is 55.1 cm³/mol. The van der Waals surface area contributed by atoms with Crippen LogP contribution in [-0.2, 0) is 4.74 Å². The highest BCUT2D eigenvalue weighted by Gasteiger charge is 2.36. The largest absolute Gasteiger partial charge is 0.411 e. The summed E-state index contributed by atoms with van der Waals surface area (Å²) in [6.45, 7) is 3.48. The van der Waals surface area contributed by atoms with Crippen molar-refractivity contribution >= 4 is 0 Å². The number of alkyl halides is 3. The first-order chi connectivity index (χ1) is 7.35. The minimum absolute atomic E-state index is 0.0766. The van der Waals surface area contributed by atoms with Gasteiger partial charge in [0.2, 0.25) is 0 Å². The van der Waals surface area contributed by atoms with E-state index in [2.05, 4.69) is 9.64 Å². The number of rotatable bonds is 6. The Morgan fingerprint density at radius 3 is 2.50 bits per heavy atom. The third-order valence-electron chi connectivity index (χ3n) is 2.81. The van der Waals surface area contributed by atoms with E-state index >= 15 is 0 Å². The van der Waals surface area contributed by atoms with Gasteiger partial charge in [0.05, 0.1) is 0 Å². The van der Waals surface area contributed by atoms with Crippen LogP contribution in [0.4, 0.5) is 13.2 Å². The lowest BCUT2D eigenvalue weighted by molar-refractivity contribution is -0.174. The summed E-state index contributed by atoms with van der Waals surface area (Å²) in [5, 5.41) is 0. The Balaban J connectivity index is 1.94. The van der Waals surface area contributed by atoms with Crippen LogP contribution in [-0.4, -0.2) is 49.5 Å². The molecule has 0 atom stereocenters. The van der Waals surface area contributed by atoms with Gasteiger partial charge in [-0.1, -0.05) is 6.92 Å². The molecular formula is C10H19F3N2O. The number of hydrogen-bond donors (Lipinski definition) is 1. The van der Waals surface area contributed by atoms with Crippen LogP contribution >= 0.6 is 0 Å². The molecule has 6 heteroatoms. The zero-order valence-electron chi connectivity index (χ0n) is 9.52. The highest BCUT2D eigenvalue weighted by Crippen LogP contribution is 2.21. The minimum atomic E-state index is -4.22. The summed E-state index contributed by atoms with van der Waals surface area (Å²) in [6, 6.07) is 0. The molecule has 0 amide bonds. The van der Waals surface area contributed by atoms with Crippen LogP contribution < -0.4 is 5.73 Å². The van der Waals surface area contributed by atoms with Gasteiger partial charge in [-0.15, -0.1) is 0 Å². The standard InChI is InChI=1S/C10H19F3N2O/c1-2-9(14)6-15(7-9)4-3-5-16-8-10(11,12)13/h2-8,14H2,1H3. The molecule has 0 bridgehead atoms. The molecule has 1 rings (SSSR count). The Bertz CT molecular complexity index is 215. The molecular weight excluding hydrogens is 221 g/mol. The maximum absolute atomic E-state index is 11.7. The van der Waals surface area contributed by atoms with Gasteiger partial charge in [0, 0.05) is 31.8 Å².